The summed E-state index contributed by atoms with van der Waals surface area (Å²) in [5, 5.41) is 22.7. The molecule has 1 aromatic carbocycles. The van der Waals surface area contributed by atoms with E-state index in [9.17, 15) is 5.11 Å². The Bertz CT molecular complexity index is 991. The smallest absolute Gasteiger partial charge is 0.268 e. The lowest BCUT2D eigenvalue weighted by atomic mass is 10.1. The summed E-state index contributed by atoms with van der Waals surface area (Å²) in [6, 6.07) is 5.98. The van der Waals surface area contributed by atoms with Gasteiger partial charge < -0.3 is 24.4 Å². The van der Waals surface area contributed by atoms with E-state index >= 15 is 0 Å². The predicted molar refractivity (Wildman–Crippen MR) is 122 cm³/mol. The van der Waals surface area contributed by atoms with Gasteiger partial charge in [-0.15, -0.1) is 11.3 Å². The van der Waals surface area contributed by atoms with Crippen LogP contribution in [0.25, 0.3) is 22.2 Å². The van der Waals surface area contributed by atoms with Gasteiger partial charge in [0.05, 0.1) is 11.5 Å². The predicted octanol–water partition coefficient (Wildman–Crippen LogP) is 3.96. The van der Waals surface area contributed by atoms with Crippen molar-refractivity contribution in [1.82, 2.24) is 15.0 Å². The standard InChI is InChI=1S/C23H31N3O4S/c1-6-7-26(5)11-20-14(2)10-19(31-20)23-24-22(25-30-23)17-8-15(3)21(16(4)9-17)29-13-18(28)12-27/h8-10,18,27-28H,6-7,11-13H2,1-5H3/t18-/m0/s1. The van der Waals surface area contributed by atoms with E-state index in [0.29, 0.717) is 17.5 Å². The van der Waals surface area contributed by atoms with Crippen molar-refractivity contribution in [3.05, 3.63) is 39.8 Å². The van der Waals surface area contributed by atoms with Gasteiger partial charge in [-0.25, -0.2) is 0 Å². The summed E-state index contributed by atoms with van der Waals surface area (Å²) in [5.41, 5.74) is 3.89. The molecule has 7 nitrogen and oxygen atoms in total. The summed E-state index contributed by atoms with van der Waals surface area (Å²) in [6.07, 6.45) is 0.227. The van der Waals surface area contributed by atoms with Gasteiger partial charge in [-0.1, -0.05) is 12.1 Å². The number of aromatic nitrogens is 2. The zero-order valence-corrected chi connectivity index (χ0v) is 19.6. The van der Waals surface area contributed by atoms with Crippen LogP contribution in [-0.2, 0) is 6.54 Å². The molecule has 0 radical (unpaired) electrons. The molecule has 0 fully saturated rings. The second-order valence-electron chi connectivity index (χ2n) is 7.96. The summed E-state index contributed by atoms with van der Waals surface area (Å²) < 4.78 is 11.2. The van der Waals surface area contributed by atoms with Crippen molar-refractivity contribution in [1.29, 1.82) is 0 Å². The van der Waals surface area contributed by atoms with Crippen LogP contribution >= 0.6 is 11.3 Å². The molecule has 0 spiro atoms. The molecule has 168 valence electrons. The Labute approximate surface area is 187 Å². The summed E-state index contributed by atoms with van der Waals surface area (Å²) >= 11 is 1.69. The van der Waals surface area contributed by atoms with Crippen LogP contribution < -0.4 is 4.74 Å². The quantitative estimate of drug-likeness (QED) is 0.488. The molecule has 0 aliphatic heterocycles. The van der Waals surface area contributed by atoms with E-state index in [1.54, 1.807) is 11.3 Å². The lowest BCUT2D eigenvalue weighted by Gasteiger charge is -2.15. The third-order valence-corrected chi connectivity index (χ3v) is 6.24. The number of benzene rings is 1. The van der Waals surface area contributed by atoms with Crippen molar-refractivity contribution in [3.8, 4) is 27.9 Å². The highest BCUT2D eigenvalue weighted by molar-refractivity contribution is 7.15. The molecular weight excluding hydrogens is 414 g/mol. The van der Waals surface area contributed by atoms with Gasteiger partial charge in [0.25, 0.3) is 5.89 Å². The number of nitrogens with zero attached hydrogens (tertiary/aromatic N) is 3. The van der Waals surface area contributed by atoms with E-state index in [-0.39, 0.29) is 13.2 Å². The summed E-state index contributed by atoms with van der Waals surface area (Å²) in [4.78, 5) is 9.23. The largest absolute Gasteiger partial charge is 0.490 e. The molecule has 0 bridgehead atoms. The maximum atomic E-state index is 9.53. The van der Waals surface area contributed by atoms with Crippen LogP contribution in [0, 0.1) is 20.8 Å². The normalized spacial score (nSPS) is 12.5. The first kappa shape index (κ1) is 23.4. The van der Waals surface area contributed by atoms with Gasteiger partial charge in [0.2, 0.25) is 5.82 Å². The molecular formula is C23H31N3O4S. The first-order valence-corrected chi connectivity index (χ1v) is 11.3. The Balaban J connectivity index is 1.79. The molecule has 0 amide bonds. The van der Waals surface area contributed by atoms with Crippen molar-refractivity contribution in [2.45, 2.75) is 46.8 Å². The van der Waals surface area contributed by atoms with Gasteiger partial charge in [0.1, 0.15) is 18.5 Å². The van der Waals surface area contributed by atoms with Crippen molar-refractivity contribution < 1.29 is 19.5 Å². The number of rotatable bonds is 10. The highest BCUT2D eigenvalue weighted by Crippen LogP contribution is 2.34. The van der Waals surface area contributed by atoms with Gasteiger partial charge >= 0.3 is 0 Å². The van der Waals surface area contributed by atoms with Crippen molar-refractivity contribution in [3.63, 3.8) is 0 Å². The second-order valence-corrected chi connectivity index (χ2v) is 9.10. The molecule has 0 saturated heterocycles. The van der Waals surface area contributed by atoms with Crippen molar-refractivity contribution in [2.75, 3.05) is 26.8 Å². The Hall–Kier alpha value is -2.26. The van der Waals surface area contributed by atoms with Gasteiger partial charge in [-0.05, 0) is 75.7 Å². The first-order chi connectivity index (χ1) is 14.8. The van der Waals surface area contributed by atoms with E-state index in [2.05, 4.69) is 42.0 Å². The van der Waals surface area contributed by atoms with Crippen LogP contribution in [0.5, 0.6) is 5.75 Å². The fourth-order valence-electron chi connectivity index (χ4n) is 3.47. The number of hydrogen-bond acceptors (Lipinski definition) is 8. The Morgan fingerprint density at radius 1 is 1.16 bits per heavy atom. The van der Waals surface area contributed by atoms with Crippen molar-refractivity contribution >= 4 is 11.3 Å². The topological polar surface area (TPSA) is 91.9 Å². The summed E-state index contributed by atoms with van der Waals surface area (Å²) in [5.74, 6) is 1.74. The highest BCUT2D eigenvalue weighted by atomic mass is 32.1. The minimum atomic E-state index is -0.904. The van der Waals surface area contributed by atoms with Crippen LogP contribution in [0.1, 0.15) is 34.9 Å². The minimum Gasteiger partial charge on any atom is -0.490 e. The van der Waals surface area contributed by atoms with E-state index < -0.39 is 6.10 Å². The highest BCUT2D eigenvalue weighted by Gasteiger charge is 2.17. The molecule has 31 heavy (non-hydrogen) atoms. The summed E-state index contributed by atoms with van der Waals surface area (Å²) in [6.45, 7) is 9.85. The monoisotopic (exact) mass is 445 g/mol. The van der Waals surface area contributed by atoms with Gasteiger partial charge in [-0.2, -0.15) is 4.98 Å². The average molecular weight is 446 g/mol. The molecule has 0 unspecified atom stereocenters. The van der Waals surface area contributed by atoms with E-state index in [0.717, 1.165) is 41.1 Å². The SMILES string of the molecule is CCCN(C)Cc1sc(-c2nc(-c3cc(C)c(OC[C@@H](O)CO)c(C)c3)no2)cc1C. The molecule has 0 aliphatic rings. The van der Waals surface area contributed by atoms with Gasteiger partial charge in [0.15, 0.2) is 0 Å². The molecule has 1 atom stereocenters. The zero-order chi connectivity index (χ0) is 22.5. The van der Waals surface area contributed by atoms with Crippen molar-refractivity contribution in [2.24, 2.45) is 0 Å². The Morgan fingerprint density at radius 3 is 2.52 bits per heavy atom. The summed E-state index contributed by atoms with van der Waals surface area (Å²) in [7, 11) is 2.13. The fourth-order valence-corrected chi connectivity index (χ4v) is 4.64. The average Bonchev–Trinajstić information content (AvgIpc) is 3.34. The number of aliphatic hydroxyl groups excluding tert-OH is 2. The third kappa shape index (κ3) is 5.71. The number of hydrogen-bond donors (Lipinski definition) is 2. The molecule has 2 aromatic heterocycles. The molecule has 8 heteroatoms. The molecule has 0 aliphatic carbocycles. The lowest BCUT2D eigenvalue weighted by Crippen LogP contribution is -2.21. The minimum absolute atomic E-state index is 0.0391. The maximum absolute atomic E-state index is 9.53. The van der Waals surface area contributed by atoms with Crippen LogP contribution in [0.3, 0.4) is 0 Å². The van der Waals surface area contributed by atoms with Crippen LogP contribution in [0.15, 0.2) is 22.7 Å². The maximum Gasteiger partial charge on any atom is 0.268 e. The number of ether oxygens (including phenoxy) is 1. The fraction of sp³-hybridized carbons (Fsp3) is 0.478. The molecule has 2 heterocycles. The van der Waals surface area contributed by atoms with Crippen LogP contribution in [0.2, 0.25) is 0 Å². The molecule has 2 N–H and O–H groups in total. The number of aliphatic hydroxyl groups is 2. The van der Waals surface area contributed by atoms with Gasteiger partial charge in [-0.3, -0.25) is 0 Å². The Kier molecular flexibility index (Phi) is 7.83. The molecule has 0 saturated carbocycles. The molecule has 3 rings (SSSR count). The van der Waals surface area contributed by atoms with E-state index in [1.807, 2.05) is 26.0 Å². The van der Waals surface area contributed by atoms with Gasteiger partial charge in [0, 0.05) is 17.0 Å². The number of aryl methyl sites for hydroxylation is 3. The third-order valence-electron chi connectivity index (χ3n) is 5.03. The van der Waals surface area contributed by atoms with E-state index in [4.69, 9.17) is 14.4 Å². The molecule has 3 aromatic rings. The first-order valence-electron chi connectivity index (χ1n) is 10.5. The Morgan fingerprint density at radius 2 is 1.87 bits per heavy atom. The van der Waals surface area contributed by atoms with Crippen LogP contribution in [-0.4, -0.2) is 58.2 Å². The second kappa shape index (κ2) is 10.4. The van der Waals surface area contributed by atoms with E-state index in [1.165, 1.54) is 10.4 Å². The van der Waals surface area contributed by atoms with Crippen LogP contribution in [0.4, 0.5) is 0 Å². The lowest BCUT2D eigenvalue weighted by molar-refractivity contribution is 0.0532. The number of thiophene rings is 1. The zero-order valence-electron chi connectivity index (χ0n) is 18.8.